The minimum absolute atomic E-state index is 0. The second kappa shape index (κ2) is 35.4. The van der Waals surface area contributed by atoms with E-state index >= 15 is 0 Å². The summed E-state index contributed by atoms with van der Waals surface area (Å²) in [5, 5.41) is 32.8. The van der Waals surface area contributed by atoms with Crippen molar-refractivity contribution in [3.63, 3.8) is 0 Å². The van der Waals surface area contributed by atoms with Crippen molar-refractivity contribution in [3.05, 3.63) is 24.3 Å². The fourth-order valence-corrected chi connectivity index (χ4v) is 6.09. The smallest absolute Gasteiger partial charge is 0.334 e. The standard InChI is InChI=1S/C17H29NO4.C16H27NO4.C10H16O2Si.C8H14O2.CH4/c1-7-9-10-22-15(21)16(4,5)12-17(6,8-2)14(20)18-11-13(3)19;1-7-9-21-14(20)15(4,5)11-16(6,8-2)13(19)17-10-12(3)18;1-9(2)10(11)12-7-6-8-13(3,4)5;1-6(2)8(10)5-4-7(3)9;/h13,19H,8,10-12H2,1-6H3,(H,18,20);1,12,18H,8-11H2,2-6H3,(H,17,19);1,7H2,2-5H3;7,9H,1,4-5H2,2-3H3;1H4. The summed E-state index contributed by atoms with van der Waals surface area (Å²) in [5.74, 6) is 9.00. The maximum absolute atomic E-state index is 12.4. The summed E-state index contributed by atoms with van der Waals surface area (Å²) < 4.78 is 14.9. The third-order valence-corrected chi connectivity index (χ3v) is 10.6. The van der Waals surface area contributed by atoms with Gasteiger partial charge in [-0.3, -0.25) is 24.0 Å². The fourth-order valence-electron chi connectivity index (χ4n) is 5.49. The summed E-state index contributed by atoms with van der Waals surface area (Å²) in [6.07, 6.45) is 6.28. The van der Waals surface area contributed by atoms with Crippen molar-refractivity contribution in [2.24, 2.45) is 21.7 Å². The number of carbonyl (C=O) groups excluding carboxylic acids is 6. The monoisotopic (exact) mass is 963 g/mol. The highest BCUT2D eigenvalue weighted by Gasteiger charge is 2.43. The molecule has 0 radical (unpaired) electrons. The van der Waals surface area contributed by atoms with E-state index in [-0.39, 0.29) is 76.0 Å². The second-order valence-electron chi connectivity index (χ2n) is 19.4. The van der Waals surface area contributed by atoms with Crippen LogP contribution in [0.4, 0.5) is 0 Å². The molecule has 0 saturated carbocycles. The molecule has 2 amide bonds. The van der Waals surface area contributed by atoms with Gasteiger partial charge in [-0.15, -0.1) is 17.9 Å². The number of terminal acetylenes is 1. The van der Waals surface area contributed by atoms with Gasteiger partial charge in [0.15, 0.2) is 25.6 Å². The average Bonchev–Trinajstić information content (AvgIpc) is 3.21. The van der Waals surface area contributed by atoms with E-state index in [0.29, 0.717) is 49.7 Å². The number of Topliss-reactive ketones (excluding diaryl/α,β-unsaturated/α-hetero) is 1. The summed E-state index contributed by atoms with van der Waals surface area (Å²) in [6, 6.07) is 0. The van der Waals surface area contributed by atoms with Gasteiger partial charge < -0.3 is 40.2 Å². The number of carbonyl (C=O) groups is 6. The molecule has 0 fully saturated rings. The Bertz CT molecular complexity index is 1750. The third kappa shape index (κ3) is 36.1. The molecular formula is C52H90N2O12Si. The van der Waals surface area contributed by atoms with Crippen molar-refractivity contribution >= 4 is 43.6 Å². The molecule has 0 rings (SSSR count). The number of aliphatic hydroxyl groups is 3. The Morgan fingerprint density at radius 2 is 1.06 bits per heavy atom. The van der Waals surface area contributed by atoms with Crippen LogP contribution in [0.2, 0.25) is 19.6 Å². The number of hydrogen-bond acceptors (Lipinski definition) is 12. The molecule has 0 aromatic heterocycles. The van der Waals surface area contributed by atoms with Crippen molar-refractivity contribution in [1.82, 2.24) is 10.6 Å². The van der Waals surface area contributed by atoms with E-state index in [1.165, 1.54) is 0 Å². The molecule has 0 aromatic carbocycles. The Morgan fingerprint density at radius 1 is 0.672 bits per heavy atom. The molecule has 15 heteroatoms. The van der Waals surface area contributed by atoms with Crippen LogP contribution in [-0.4, -0.2) is 110 Å². The topological polar surface area (TPSA) is 215 Å². The van der Waals surface area contributed by atoms with Gasteiger partial charge in [0.2, 0.25) is 11.8 Å². The van der Waals surface area contributed by atoms with Gasteiger partial charge in [0.05, 0.1) is 29.1 Å². The molecule has 14 nitrogen and oxygen atoms in total. The van der Waals surface area contributed by atoms with Crippen LogP contribution < -0.4 is 10.6 Å². The summed E-state index contributed by atoms with van der Waals surface area (Å²) in [5.41, 5.74) is 1.06. The lowest BCUT2D eigenvalue weighted by atomic mass is 9.71. The lowest BCUT2D eigenvalue weighted by Crippen LogP contribution is -2.45. The zero-order valence-corrected chi connectivity index (χ0v) is 44.5. The molecule has 0 aliphatic carbocycles. The Kier molecular flexibility index (Phi) is 37.7. The summed E-state index contributed by atoms with van der Waals surface area (Å²) in [4.78, 5) is 70.6. The average molecular weight is 963 g/mol. The van der Waals surface area contributed by atoms with Crippen molar-refractivity contribution in [1.29, 1.82) is 0 Å². The number of amides is 2. The number of rotatable bonds is 22. The van der Waals surface area contributed by atoms with Gasteiger partial charge in [0.1, 0.15) is 8.07 Å². The van der Waals surface area contributed by atoms with Crippen molar-refractivity contribution < 1.29 is 58.3 Å². The highest BCUT2D eigenvalue weighted by molar-refractivity contribution is 6.83. The normalized spacial score (nSPS) is 13.6. The molecule has 0 aliphatic heterocycles. The van der Waals surface area contributed by atoms with Crippen LogP contribution in [0.5, 0.6) is 0 Å². The summed E-state index contributed by atoms with van der Waals surface area (Å²) >= 11 is 0. The lowest BCUT2D eigenvalue weighted by Gasteiger charge is -2.34. The number of allylic oxidation sites excluding steroid dienone is 1. The number of ether oxygens (including phenoxy) is 3. The molecule has 0 bridgehead atoms. The molecule has 5 atom stereocenters. The molecule has 5 unspecified atom stereocenters. The molecular weight excluding hydrogens is 873 g/mol. The first-order chi connectivity index (χ1) is 30.0. The molecule has 0 heterocycles. The summed E-state index contributed by atoms with van der Waals surface area (Å²) in [6.45, 7) is 38.3. The lowest BCUT2D eigenvalue weighted by molar-refractivity contribution is -0.156. The second-order valence-corrected chi connectivity index (χ2v) is 24.1. The molecule has 0 aliphatic rings. The molecule has 67 heavy (non-hydrogen) atoms. The Labute approximate surface area is 406 Å². The highest BCUT2D eigenvalue weighted by atomic mass is 28.3. The zero-order valence-electron chi connectivity index (χ0n) is 43.5. The third-order valence-electron chi connectivity index (χ3n) is 9.63. The van der Waals surface area contributed by atoms with Crippen molar-refractivity contribution in [2.45, 2.75) is 181 Å². The summed E-state index contributed by atoms with van der Waals surface area (Å²) in [7, 11) is -1.33. The Morgan fingerprint density at radius 3 is 1.36 bits per heavy atom. The molecule has 5 N–H and O–H groups in total. The van der Waals surface area contributed by atoms with Crippen LogP contribution in [0.15, 0.2) is 24.3 Å². The number of aliphatic hydroxyl groups excluding tert-OH is 3. The largest absolute Gasteiger partial charge is 0.452 e. The zero-order chi connectivity index (χ0) is 52.7. The molecule has 0 aromatic rings. The van der Waals surface area contributed by atoms with E-state index < -0.39 is 47.9 Å². The van der Waals surface area contributed by atoms with Crippen molar-refractivity contribution in [2.75, 3.05) is 32.9 Å². The van der Waals surface area contributed by atoms with E-state index in [4.69, 9.17) is 25.7 Å². The maximum atomic E-state index is 12.4. The predicted octanol–water partition coefficient (Wildman–Crippen LogP) is 7.29. The van der Waals surface area contributed by atoms with Gasteiger partial charge in [-0.1, -0.05) is 85.7 Å². The predicted molar refractivity (Wildman–Crippen MR) is 272 cm³/mol. The van der Waals surface area contributed by atoms with E-state index in [9.17, 15) is 39.0 Å². The number of esters is 3. The Balaban J connectivity index is -0.000000265. The number of hydrogen-bond donors (Lipinski definition) is 5. The quantitative estimate of drug-likeness (QED) is 0.0238. The molecule has 0 spiro atoms. The van der Waals surface area contributed by atoms with E-state index in [0.717, 1.165) is 0 Å². The number of ketones is 1. The first-order valence-electron chi connectivity index (χ1n) is 22.3. The van der Waals surface area contributed by atoms with Crippen LogP contribution in [0.1, 0.15) is 143 Å². The maximum Gasteiger partial charge on any atom is 0.334 e. The van der Waals surface area contributed by atoms with Crippen LogP contribution in [0.3, 0.4) is 0 Å². The first-order valence-corrected chi connectivity index (χ1v) is 25.8. The fraction of sp³-hybridized carbons (Fsp3) is 0.692. The van der Waals surface area contributed by atoms with Gasteiger partial charge in [0, 0.05) is 35.9 Å². The van der Waals surface area contributed by atoms with Gasteiger partial charge in [-0.2, -0.15) is 0 Å². The Hall–Kier alpha value is -4.72. The van der Waals surface area contributed by atoms with Gasteiger partial charge in [-0.25, -0.2) is 4.79 Å². The first kappa shape index (κ1) is 71.3. The van der Waals surface area contributed by atoms with E-state index in [1.807, 2.05) is 20.8 Å². The SMILES string of the molecule is C.C#CCOC(=O)C(C)(C)CC(C)(CC)C(=O)NCC(C)O.C=C(C)C(=O)CCC(C)O.C=C(C)C(=O)OCC#C[Si](C)(C)C.CC#CCOC(=O)C(C)(C)CC(C)(CC)C(=O)NCC(C)O. The van der Waals surface area contributed by atoms with Crippen LogP contribution in [-0.2, 0) is 43.0 Å². The van der Waals surface area contributed by atoms with Gasteiger partial charge in [0.25, 0.3) is 0 Å². The van der Waals surface area contributed by atoms with Crippen LogP contribution >= 0.6 is 0 Å². The van der Waals surface area contributed by atoms with Gasteiger partial charge in [-0.05, 0) is 107 Å². The van der Waals surface area contributed by atoms with Crippen LogP contribution in [0.25, 0.3) is 0 Å². The van der Waals surface area contributed by atoms with E-state index in [1.54, 1.807) is 76.2 Å². The van der Waals surface area contributed by atoms with Gasteiger partial charge >= 0.3 is 17.9 Å². The highest BCUT2D eigenvalue weighted by Crippen LogP contribution is 2.39. The molecule has 0 saturated heterocycles. The van der Waals surface area contributed by atoms with Crippen LogP contribution in [0, 0.1) is 57.3 Å². The minimum atomic E-state index is -1.33. The van der Waals surface area contributed by atoms with E-state index in [2.05, 4.69) is 72.7 Å². The minimum Gasteiger partial charge on any atom is -0.452 e. The van der Waals surface area contributed by atoms with Crippen molar-refractivity contribution in [3.8, 4) is 35.6 Å². The molecule has 384 valence electrons. The number of nitrogens with one attached hydrogen (secondary N) is 2.